The van der Waals surface area contributed by atoms with Crippen molar-refractivity contribution < 1.29 is 29.0 Å². The van der Waals surface area contributed by atoms with Crippen molar-refractivity contribution in [1.82, 2.24) is 10.6 Å². The zero-order chi connectivity index (χ0) is 24.8. The van der Waals surface area contributed by atoms with Crippen LogP contribution in [0.2, 0.25) is 0 Å². The molecule has 0 fully saturated rings. The van der Waals surface area contributed by atoms with Crippen LogP contribution in [0.1, 0.15) is 36.3 Å². The number of ether oxygens (including phenoxy) is 2. The van der Waals surface area contributed by atoms with Crippen molar-refractivity contribution in [2.45, 2.75) is 37.3 Å². The van der Waals surface area contributed by atoms with Crippen LogP contribution < -0.4 is 10.6 Å². The van der Waals surface area contributed by atoms with Gasteiger partial charge in [0.15, 0.2) is 0 Å². The molecule has 8 nitrogen and oxygen atoms in total. The number of methoxy groups -OCH3 is 1. The van der Waals surface area contributed by atoms with Gasteiger partial charge in [-0.15, -0.1) is 0 Å². The molecule has 2 aliphatic carbocycles. The topological polar surface area (TPSA) is 114 Å². The number of carboxylic acids is 1. The van der Waals surface area contributed by atoms with Gasteiger partial charge in [-0.25, -0.2) is 4.79 Å². The summed E-state index contributed by atoms with van der Waals surface area (Å²) >= 11 is 0. The first-order valence-corrected chi connectivity index (χ1v) is 11.8. The van der Waals surface area contributed by atoms with Gasteiger partial charge in [-0.1, -0.05) is 60.7 Å². The zero-order valence-corrected chi connectivity index (χ0v) is 19.6. The Kier molecular flexibility index (Phi) is 7.82. The summed E-state index contributed by atoms with van der Waals surface area (Å²) in [7, 11) is 1.57. The quantitative estimate of drug-likeness (QED) is 0.356. The standard InChI is InChI=1S/C27H30N2O6/c1-34-14-6-11-24(25(30)28-18-13-12-17(15-18)26(31)32)29-27(33)35-16-23-21-9-4-2-7-19(21)20-8-3-5-10-22(20)23/h2-5,7-10,12-13,17-18,23-24H,6,11,14-16H2,1H3,(H,28,30)(H,29,33)(H,31,32). The van der Waals surface area contributed by atoms with Crippen molar-refractivity contribution >= 4 is 18.0 Å². The van der Waals surface area contributed by atoms with Crippen LogP contribution in [-0.4, -0.2) is 55.5 Å². The summed E-state index contributed by atoms with van der Waals surface area (Å²) < 4.78 is 10.7. The number of amides is 2. The molecule has 3 unspecified atom stereocenters. The van der Waals surface area contributed by atoms with E-state index in [0.717, 1.165) is 22.3 Å². The van der Waals surface area contributed by atoms with Gasteiger partial charge < -0.3 is 25.2 Å². The number of benzene rings is 2. The first-order valence-electron chi connectivity index (χ1n) is 11.8. The predicted octanol–water partition coefficient (Wildman–Crippen LogP) is 3.47. The van der Waals surface area contributed by atoms with Gasteiger partial charge >= 0.3 is 12.1 Å². The molecule has 0 aromatic heterocycles. The molecular weight excluding hydrogens is 448 g/mol. The van der Waals surface area contributed by atoms with E-state index in [2.05, 4.69) is 22.8 Å². The average Bonchev–Trinajstić information content (AvgIpc) is 3.45. The number of fused-ring (bicyclic) bond motifs is 3. The maximum Gasteiger partial charge on any atom is 0.407 e. The lowest BCUT2D eigenvalue weighted by Crippen LogP contribution is -2.49. The lowest BCUT2D eigenvalue weighted by atomic mass is 9.98. The van der Waals surface area contributed by atoms with Crippen LogP contribution in [0.5, 0.6) is 0 Å². The van der Waals surface area contributed by atoms with Gasteiger partial charge in [0.1, 0.15) is 12.6 Å². The number of carbonyl (C=O) groups is 3. The Morgan fingerprint density at radius 2 is 1.69 bits per heavy atom. The molecule has 3 N–H and O–H groups in total. The molecule has 2 amide bonds. The van der Waals surface area contributed by atoms with Gasteiger partial charge in [0.05, 0.1) is 5.92 Å². The zero-order valence-electron chi connectivity index (χ0n) is 19.6. The highest BCUT2D eigenvalue weighted by Crippen LogP contribution is 2.44. The third kappa shape index (κ3) is 5.71. The van der Waals surface area contributed by atoms with Crippen molar-refractivity contribution in [3.05, 3.63) is 71.8 Å². The molecule has 0 radical (unpaired) electrons. The van der Waals surface area contributed by atoms with Gasteiger partial charge in [-0.05, 0) is 41.5 Å². The van der Waals surface area contributed by atoms with E-state index in [-0.39, 0.29) is 24.9 Å². The largest absolute Gasteiger partial charge is 0.481 e. The highest BCUT2D eigenvalue weighted by Gasteiger charge is 2.31. The summed E-state index contributed by atoms with van der Waals surface area (Å²) in [6.45, 7) is 0.596. The van der Waals surface area contributed by atoms with Crippen LogP contribution in [0.3, 0.4) is 0 Å². The second kappa shape index (κ2) is 11.2. The van der Waals surface area contributed by atoms with E-state index in [0.29, 0.717) is 19.4 Å². The highest BCUT2D eigenvalue weighted by atomic mass is 16.5. The summed E-state index contributed by atoms with van der Waals surface area (Å²) in [6, 6.07) is 14.9. The number of alkyl carbamates (subject to hydrolysis) is 1. The molecule has 0 spiro atoms. The third-order valence-electron chi connectivity index (χ3n) is 6.52. The number of hydrogen-bond acceptors (Lipinski definition) is 5. The number of nitrogens with one attached hydrogen (secondary N) is 2. The van der Waals surface area contributed by atoms with Crippen LogP contribution in [0, 0.1) is 5.92 Å². The summed E-state index contributed by atoms with van der Waals surface area (Å²) in [6.07, 6.45) is 3.80. The highest BCUT2D eigenvalue weighted by molar-refractivity contribution is 5.86. The first kappa shape index (κ1) is 24.5. The molecule has 8 heteroatoms. The lowest BCUT2D eigenvalue weighted by Gasteiger charge is -2.21. The van der Waals surface area contributed by atoms with Crippen LogP contribution in [0.25, 0.3) is 11.1 Å². The Morgan fingerprint density at radius 3 is 2.29 bits per heavy atom. The molecule has 184 valence electrons. The summed E-state index contributed by atoms with van der Waals surface area (Å²) in [5, 5.41) is 14.7. The van der Waals surface area contributed by atoms with E-state index in [9.17, 15) is 14.4 Å². The molecule has 2 aromatic rings. The number of carboxylic acid groups (broad SMARTS) is 1. The van der Waals surface area contributed by atoms with E-state index in [1.807, 2.05) is 36.4 Å². The number of aliphatic carboxylic acids is 1. The number of hydrogen-bond donors (Lipinski definition) is 3. The average molecular weight is 479 g/mol. The second-order valence-electron chi connectivity index (χ2n) is 8.84. The SMILES string of the molecule is COCCCC(NC(=O)OCC1c2ccccc2-c2ccccc21)C(=O)NC1C=CC(C(=O)O)C1. The minimum atomic E-state index is -0.925. The van der Waals surface area contributed by atoms with Crippen LogP contribution in [0.4, 0.5) is 4.79 Å². The molecule has 35 heavy (non-hydrogen) atoms. The third-order valence-corrected chi connectivity index (χ3v) is 6.52. The summed E-state index contributed by atoms with van der Waals surface area (Å²) in [4.78, 5) is 36.8. The van der Waals surface area contributed by atoms with Crippen molar-refractivity contribution in [3.63, 3.8) is 0 Å². The molecule has 0 saturated carbocycles. The normalized spacial score (nSPS) is 19.0. The fourth-order valence-electron chi connectivity index (χ4n) is 4.76. The van der Waals surface area contributed by atoms with Crippen molar-refractivity contribution in [2.75, 3.05) is 20.3 Å². The van der Waals surface area contributed by atoms with E-state index in [4.69, 9.17) is 14.6 Å². The molecule has 0 saturated heterocycles. The lowest BCUT2D eigenvalue weighted by molar-refractivity contribution is -0.140. The smallest absolute Gasteiger partial charge is 0.407 e. The molecule has 0 aliphatic heterocycles. The van der Waals surface area contributed by atoms with E-state index in [1.54, 1.807) is 19.3 Å². The molecule has 0 heterocycles. The van der Waals surface area contributed by atoms with Gasteiger partial charge in [-0.3, -0.25) is 9.59 Å². The van der Waals surface area contributed by atoms with Crippen LogP contribution in [-0.2, 0) is 19.1 Å². The fourth-order valence-corrected chi connectivity index (χ4v) is 4.76. The summed E-state index contributed by atoms with van der Waals surface area (Å²) in [5.41, 5.74) is 4.49. The van der Waals surface area contributed by atoms with Crippen molar-refractivity contribution in [1.29, 1.82) is 0 Å². The number of rotatable bonds is 10. The number of carbonyl (C=O) groups excluding carboxylic acids is 2. The molecule has 2 aromatic carbocycles. The van der Waals surface area contributed by atoms with Crippen molar-refractivity contribution in [3.8, 4) is 11.1 Å². The monoisotopic (exact) mass is 478 g/mol. The summed E-state index contributed by atoms with van der Waals surface area (Å²) in [5.74, 6) is -2.01. The fraction of sp³-hybridized carbons (Fsp3) is 0.370. The first-order chi connectivity index (χ1) is 17.0. The van der Waals surface area contributed by atoms with Gasteiger partial charge in [0.2, 0.25) is 5.91 Å². The Bertz CT molecular complexity index is 1070. The molecule has 3 atom stereocenters. The molecule has 2 aliphatic rings. The minimum Gasteiger partial charge on any atom is -0.481 e. The minimum absolute atomic E-state index is 0.0782. The Labute approximate surface area is 204 Å². The Hall–Kier alpha value is -3.65. The maximum atomic E-state index is 12.9. The van der Waals surface area contributed by atoms with Crippen molar-refractivity contribution in [2.24, 2.45) is 5.92 Å². The van der Waals surface area contributed by atoms with E-state index < -0.39 is 30.1 Å². The van der Waals surface area contributed by atoms with Crippen LogP contribution >= 0.6 is 0 Å². The van der Waals surface area contributed by atoms with Crippen LogP contribution in [0.15, 0.2) is 60.7 Å². The molecule has 0 bridgehead atoms. The van der Waals surface area contributed by atoms with E-state index >= 15 is 0 Å². The van der Waals surface area contributed by atoms with Gasteiger partial charge in [0, 0.05) is 25.7 Å². The Balaban J connectivity index is 1.37. The van der Waals surface area contributed by atoms with Gasteiger partial charge in [0.25, 0.3) is 0 Å². The van der Waals surface area contributed by atoms with E-state index in [1.165, 1.54) is 0 Å². The second-order valence-corrected chi connectivity index (χ2v) is 8.84. The maximum absolute atomic E-state index is 12.9. The molecular formula is C27H30N2O6. The predicted molar refractivity (Wildman–Crippen MR) is 130 cm³/mol. The molecule has 4 rings (SSSR count). The van der Waals surface area contributed by atoms with Gasteiger partial charge in [-0.2, -0.15) is 0 Å². The Morgan fingerprint density at radius 1 is 1.03 bits per heavy atom.